The van der Waals surface area contributed by atoms with Crippen LogP contribution in [0, 0.1) is 11.3 Å². The fraction of sp³-hybridized carbons (Fsp3) is 0.300. The average molecular weight is 205 g/mol. The van der Waals surface area contributed by atoms with Gasteiger partial charge in [0, 0.05) is 18.3 Å². The third-order valence-corrected chi connectivity index (χ3v) is 1.97. The summed E-state index contributed by atoms with van der Waals surface area (Å²) in [4.78, 5) is 14.4. The van der Waals surface area contributed by atoms with Gasteiger partial charge < -0.3 is 10.4 Å². The van der Waals surface area contributed by atoms with E-state index in [0.717, 1.165) is 0 Å². The molecule has 0 saturated carbocycles. The van der Waals surface area contributed by atoms with Gasteiger partial charge in [0.2, 0.25) is 0 Å². The molecule has 0 radical (unpaired) electrons. The lowest BCUT2D eigenvalue weighted by molar-refractivity contribution is -0.139. The van der Waals surface area contributed by atoms with Crippen LogP contribution in [-0.4, -0.2) is 22.1 Å². The van der Waals surface area contributed by atoms with Gasteiger partial charge >= 0.3 is 5.97 Å². The summed E-state index contributed by atoms with van der Waals surface area (Å²) in [5, 5.41) is 20.2. The standard InChI is InChI=1S/C10H11N3O2/c1-7(10(14)15)13-6-8-3-2-4-12-9(8)5-11/h2-4,7,13H,6H2,1H3,(H,14,15). The Balaban J connectivity index is 2.66. The summed E-state index contributed by atoms with van der Waals surface area (Å²) in [5.74, 6) is -0.919. The van der Waals surface area contributed by atoms with Crippen LogP contribution in [0.2, 0.25) is 0 Å². The van der Waals surface area contributed by atoms with Crippen molar-refractivity contribution in [1.29, 1.82) is 5.26 Å². The molecular formula is C10H11N3O2. The SMILES string of the molecule is CC(NCc1cccnc1C#N)C(=O)O. The van der Waals surface area contributed by atoms with Crippen molar-refractivity contribution in [2.75, 3.05) is 0 Å². The number of pyridine rings is 1. The molecule has 0 aliphatic rings. The number of carboxylic acid groups (broad SMARTS) is 1. The lowest BCUT2D eigenvalue weighted by atomic mass is 10.2. The Kier molecular flexibility index (Phi) is 3.77. The van der Waals surface area contributed by atoms with Crippen molar-refractivity contribution >= 4 is 5.97 Å². The maximum atomic E-state index is 10.5. The summed E-state index contributed by atoms with van der Waals surface area (Å²) >= 11 is 0. The Hall–Kier alpha value is -1.93. The second-order valence-corrected chi connectivity index (χ2v) is 3.06. The largest absolute Gasteiger partial charge is 0.480 e. The molecule has 0 saturated heterocycles. The number of carboxylic acids is 1. The van der Waals surface area contributed by atoms with Crippen molar-refractivity contribution in [3.63, 3.8) is 0 Å². The quantitative estimate of drug-likeness (QED) is 0.748. The molecule has 1 unspecified atom stereocenters. The van der Waals surface area contributed by atoms with E-state index in [4.69, 9.17) is 10.4 Å². The number of carbonyl (C=O) groups is 1. The first kappa shape index (κ1) is 11.1. The molecule has 0 bridgehead atoms. The third-order valence-electron chi connectivity index (χ3n) is 1.97. The highest BCUT2D eigenvalue weighted by Gasteiger charge is 2.10. The fourth-order valence-electron chi connectivity index (χ4n) is 1.03. The number of aromatic nitrogens is 1. The van der Waals surface area contributed by atoms with E-state index in [0.29, 0.717) is 17.8 Å². The molecular weight excluding hydrogens is 194 g/mol. The van der Waals surface area contributed by atoms with Gasteiger partial charge in [-0.2, -0.15) is 5.26 Å². The second-order valence-electron chi connectivity index (χ2n) is 3.06. The molecule has 5 nitrogen and oxygen atoms in total. The number of nitriles is 1. The normalized spacial score (nSPS) is 11.7. The van der Waals surface area contributed by atoms with Gasteiger partial charge in [-0.25, -0.2) is 4.98 Å². The van der Waals surface area contributed by atoms with Crippen molar-refractivity contribution in [3.05, 3.63) is 29.6 Å². The molecule has 0 aromatic carbocycles. The minimum Gasteiger partial charge on any atom is -0.480 e. The Morgan fingerprint density at radius 2 is 2.53 bits per heavy atom. The molecule has 2 N–H and O–H groups in total. The molecule has 1 aromatic rings. The molecule has 5 heteroatoms. The highest BCUT2D eigenvalue weighted by atomic mass is 16.4. The van der Waals surface area contributed by atoms with Crippen molar-refractivity contribution in [2.24, 2.45) is 0 Å². The average Bonchev–Trinajstić information content (AvgIpc) is 2.26. The van der Waals surface area contributed by atoms with Crippen LogP contribution in [0.5, 0.6) is 0 Å². The van der Waals surface area contributed by atoms with E-state index in [1.165, 1.54) is 6.20 Å². The van der Waals surface area contributed by atoms with Gasteiger partial charge in [-0.15, -0.1) is 0 Å². The molecule has 0 aliphatic carbocycles. The number of aliphatic carboxylic acids is 1. The second kappa shape index (κ2) is 5.08. The predicted molar refractivity (Wildman–Crippen MR) is 52.9 cm³/mol. The zero-order valence-corrected chi connectivity index (χ0v) is 8.27. The molecule has 1 rings (SSSR count). The van der Waals surface area contributed by atoms with Crippen LogP contribution in [0.4, 0.5) is 0 Å². The van der Waals surface area contributed by atoms with Gasteiger partial charge in [0.25, 0.3) is 0 Å². The summed E-state index contributed by atoms with van der Waals surface area (Å²) < 4.78 is 0. The van der Waals surface area contributed by atoms with E-state index >= 15 is 0 Å². The van der Waals surface area contributed by atoms with Gasteiger partial charge in [-0.3, -0.25) is 4.79 Å². The molecule has 78 valence electrons. The Morgan fingerprint density at radius 3 is 3.13 bits per heavy atom. The van der Waals surface area contributed by atoms with E-state index < -0.39 is 12.0 Å². The Morgan fingerprint density at radius 1 is 1.80 bits per heavy atom. The van der Waals surface area contributed by atoms with Crippen LogP contribution in [0.15, 0.2) is 18.3 Å². The minimum atomic E-state index is -0.919. The van der Waals surface area contributed by atoms with Crippen LogP contribution >= 0.6 is 0 Å². The molecule has 1 aromatic heterocycles. The smallest absolute Gasteiger partial charge is 0.320 e. The monoisotopic (exact) mass is 205 g/mol. The van der Waals surface area contributed by atoms with E-state index in [1.54, 1.807) is 19.1 Å². The first-order chi connectivity index (χ1) is 7.15. The highest BCUT2D eigenvalue weighted by molar-refractivity contribution is 5.72. The molecule has 0 fully saturated rings. The maximum absolute atomic E-state index is 10.5. The highest BCUT2D eigenvalue weighted by Crippen LogP contribution is 2.03. The van der Waals surface area contributed by atoms with Gasteiger partial charge in [0.1, 0.15) is 17.8 Å². The third kappa shape index (κ3) is 3.04. The first-order valence-corrected chi connectivity index (χ1v) is 4.45. The maximum Gasteiger partial charge on any atom is 0.320 e. The van der Waals surface area contributed by atoms with E-state index in [9.17, 15) is 4.79 Å². The summed E-state index contributed by atoms with van der Waals surface area (Å²) in [5.41, 5.74) is 1.02. The molecule has 0 amide bonds. The summed E-state index contributed by atoms with van der Waals surface area (Å²) in [6.07, 6.45) is 1.53. The van der Waals surface area contributed by atoms with E-state index in [1.807, 2.05) is 6.07 Å². The van der Waals surface area contributed by atoms with Crippen molar-refractivity contribution < 1.29 is 9.90 Å². The van der Waals surface area contributed by atoms with Crippen molar-refractivity contribution in [3.8, 4) is 6.07 Å². The van der Waals surface area contributed by atoms with Crippen LogP contribution in [0.3, 0.4) is 0 Å². The Labute approximate surface area is 87.4 Å². The molecule has 1 heterocycles. The number of nitrogens with one attached hydrogen (secondary N) is 1. The fourth-order valence-corrected chi connectivity index (χ4v) is 1.03. The minimum absolute atomic E-state index is 0.322. The van der Waals surface area contributed by atoms with E-state index in [2.05, 4.69) is 10.3 Å². The number of nitrogens with zero attached hydrogens (tertiary/aromatic N) is 2. The summed E-state index contributed by atoms with van der Waals surface area (Å²) in [7, 11) is 0. The van der Waals surface area contributed by atoms with Crippen LogP contribution in [0.25, 0.3) is 0 Å². The first-order valence-electron chi connectivity index (χ1n) is 4.45. The predicted octanol–water partition coefficient (Wildman–Crippen LogP) is 0.516. The molecule has 0 aliphatic heterocycles. The zero-order valence-electron chi connectivity index (χ0n) is 8.27. The lowest BCUT2D eigenvalue weighted by Crippen LogP contribution is -2.33. The van der Waals surface area contributed by atoms with Gasteiger partial charge in [-0.1, -0.05) is 6.07 Å². The van der Waals surface area contributed by atoms with Gasteiger partial charge in [-0.05, 0) is 13.0 Å². The summed E-state index contributed by atoms with van der Waals surface area (Å²) in [6.45, 7) is 1.87. The molecule has 0 spiro atoms. The van der Waals surface area contributed by atoms with Crippen LogP contribution in [-0.2, 0) is 11.3 Å². The van der Waals surface area contributed by atoms with Crippen molar-refractivity contribution in [2.45, 2.75) is 19.5 Å². The number of hydrogen-bond donors (Lipinski definition) is 2. The number of rotatable bonds is 4. The van der Waals surface area contributed by atoms with Gasteiger partial charge in [0.15, 0.2) is 0 Å². The van der Waals surface area contributed by atoms with Crippen LogP contribution < -0.4 is 5.32 Å². The van der Waals surface area contributed by atoms with Gasteiger partial charge in [0.05, 0.1) is 0 Å². The molecule has 15 heavy (non-hydrogen) atoms. The molecule has 1 atom stereocenters. The Bertz CT molecular complexity index is 398. The van der Waals surface area contributed by atoms with E-state index in [-0.39, 0.29) is 0 Å². The lowest BCUT2D eigenvalue weighted by Gasteiger charge is -2.09. The van der Waals surface area contributed by atoms with Crippen LogP contribution in [0.1, 0.15) is 18.2 Å². The van der Waals surface area contributed by atoms with Crippen molar-refractivity contribution in [1.82, 2.24) is 10.3 Å². The number of hydrogen-bond acceptors (Lipinski definition) is 4. The summed E-state index contributed by atoms with van der Waals surface area (Å²) in [6, 6.07) is 4.76. The topological polar surface area (TPSA) is 86.0 Å². The zero-order chi connectivity index (χ0) is 11.3.